The van der Waals surface area contributed by atoms with E-state index in [1.54, 1.807) is 23.9 Å². The maximum atomic E-state index is 14.0. The number of aromatic nitrogens is 3. The second-order valence-electron chi connectivity index (χ2n) is 4.52. The summed E-state index contributed by atoms with van der Waals surface area (Å²) in [4.78, 5) is 20.2. The molecule has 5 nitrogen and oxygen atoms in total. The normalized spacial score (nSPS) is 10.8. The molecule has 6 heteroatoms. The van der Waals surface area contributed by atoms with Crippen LogP contribution in [0.3, 0.4) is 0 Å². The van der Waals surface area contributed by atoms with Gasteiger partial charge in [-0.15, -0.1) is 0 Å². The highest BCUT2D eigenvalue weighted by Crippen LogP contribution is 2.24. The zero-order valence-corrected chi connectivity index (χ0v) is 11.5. The molecule has 1 aromatic carbocycles. The fraction of sp³-hybridized carbons (Fsp3) is 0.133. The molecule has 0 amide bonds. The van der Waals surface area contributed by atoms with Crippen molar-refractivity contribution in [3.05, 3.63) is 47.9 Å². The van der Waals surface area contributed by atoms with Gasteiger partial charge in [-0.2, -0.15) is 0 Å². The van der Waals surface area contributed by atoms with E-state index in [1.165, 1.54) is 19.2 Å². The summed E-state index contributed by atoms with van der Waals surface area (Å²) in [6.45, 7) is 0. The van der Waals surface area contributed by atoms with Crippen LogP contribution in [0.1, 0.15) is 10.4 Å². The second-order valence-corrected chi connectivity index (χ2v) is 4.52. The molecular formula is C15H12FN3O2. The van der Waals surface area contributed by atoms with Crippen LogP contribution in [-0.4, -0.2) is 27.6 Å². The van der Waals surface area contributed by atoms with Crippen LogP contribution in [0, 0.1) is 5.82 Å². The van der Waals surface area contributed by atoms with Crippen LogP contribution in [0.25, 0.3) is 22.6 Å². The molecule has 0 unspecified atom stereocenters. The summed E-state index contributed by atoms with van der Waals surface area (Å²) >= 11 is 0. The maximum absolute atomic E-state index is 14.0. The summed E-state index contributed by atoms with van der Waals surface area (Å²) in [6.07, 6.45) is 1.66. The highest BCUT2D eigenvalue weighted by molar-refractivity contribution is 5.94. The Bertz CT molecular complexity index is 828. The molecule has 2 heterocycles. The molecule has 3 rings (SSSR count). The van der Waals surface area contributed by atoms with Crippen molar-refractivity contribution in [3.63, 3.8) is 0 Å². The van der Waals surface area contributed by atoms with E-state index in [0.717, 1.165) is 0 Å². The summed E-state index contributed by atoms with van der Waals surface area (Å²) in [5.74, 6) is -0.753. The molecule has 0 saturated heterocycles. The van der Waals surface area contributed by atoms with Crippen molar-refractivity contribution < 1.29 is 13.9 Å². The van der Waals surface area contributed by atoms with Crippen LogP contribution >= 0.6 is 0 Å². The van der Waals surface area contributed by atoms with E-state index < -0.39 is 11.8 Å². The number of halogens is 1. The van der Waals surface area contributed by atoms with Crippen LogP contribution in [-0.2, 0) is 11.8 Å². The number of carbonyl (C=O) groups is 1. The summed E-state index contributed by atoms with van der Waals surface area (Å²) < 4.78 is 20.3. The van der Waals surface area contributed by atoms with Gasteiger partial charge in [-0.3, -0.25) is 4.98 Å². The molecule has 3 aromatic rings. The van der Waals surface area contributed by atoms with E-state index in [9.17, 15) is 9.18 Å². The Labute approximate surface area is 120 Å². The number of benzene rings is 1. The van der Waals surface area contributed by atoms with Gasteiger partial charge in [0.2, 0.25) is 0 Å². The van der Waals surface area contributed by atoms with Gasteiger partial charge in [0.05, 0.1) is 23.7 Å². The number of carbonyl (C=O) groups excluding carboxylic acids is 1. The third-order valence-corrected chi connectivity index (χ3v) is 3.27. The first-order chi connectivity index (χ1) is 10.1. The highest BCUT2D eigenvalue weighted by Gasteiger charge is 2.18. The average Bonchev–Trinajstić information content (AvgIpc) is 2.83. The quantitative estimate of drug-likeness (QED) is 0.679. The lowest BCUT2D eigenvalue weighted by molar-refractivity contribution is 0.0595. The minimum atomic E-state index is -0.723. The van der Waals surface area contributed by atoms with E-state index in [4.69, 9.17) is 0 Å². The Hall–Kier alpha value is -2.76. The number of rotatable bonds is 2. The first kappa shape index (κ1) is 13.2. The van der Waals surface area contributed by atoms with E-state index in [-0.39, 0.29) is 5.56 Å². The zero-order chi connectivity index (χ0) is 15.0. The predicted octanol–water partition coefficient (Wildman–Crippen LogP) is 2.56. The predicted molar refractivity (Wildman–Crippen MR) is 75.2 cm³/mol. The van der Waals surface area contributed by atoms with Crippen molar-refractivity contribution >= 4 is 17.0 Å². The number of hydrogen-bond donors (Lipinski definition) is 0. The maximum Gasteiger partial charge on any atom is 0.340 e. The second kappa shape index (κ2) is 4.97. The molecule has 0 aliphatic heterocycles. The molecule has 0 fully saturated rings. The van der Waals surface area contributed by atoms with Gasteiger partial charge in [-0.1, -0.05) is 6.07 Å². The van der Waals surface area contributed by atoms with Crippen molar-refractivity contribution in [1.29, 1.82) is 0 Å². The third kappa shape index (κ3) is 2.14. The van der Waals surface area contributed by atoms with Crippen LogP contribution < -0.4 is 0 Å². The lowest BCUT2D eigenvalue weighted by atomic mass is 10.2. The van der Waals surface area contributed by atoms with Gasteiger partial charge in [-0.25, -0.2) is 14.2 Å². The van der Waals surface area contributed by atoms with Gasteiger partial charge < -0.3 is 9.30 Å². The first-order valence-electron chi connectivity index (χ1n) is 6.27. The number of pyridine rings is 1. The number of ether oxygens (including phenoxy) is 1. The van der Waals surface area contributed by atoms with E-state index in [0.29, 0.717) is 22.6 Å². The summed E-state index contributed by atoms with van der Waals surface area (Å²) in [5, 5.41) is 0. The van der Waals surface area contributed by atoms with Crippen molar-refractivity contribution in [2.24, 2.45) is 7.05 Å². The minimum Gasteiger partial charge on any atom is -0.465 e. The molecule has 2 aromatic heterocycles. The zero-order valence-electron chi connectivity index (χ0n) is 11.5. The number of nitrogens with zero attached hydrogens (tertiary/aromatic N) is 3. The first-order valence-corrected chi connectivity index (χ1v) is 6.27. The Morgan fingerprint density at radius 3 is 2.81 bits per heavy atom. The summed E-state index contributed by atoms with van der Waals surface area (Å²) in [7, 11) is 2.99. The molecule has 106 valence electrons. The third-order valence-electron chi connectivity index (χ3n) is 3.27. The Kier molecular flexibility index (Phi) is 3.13. The summed E-state index contributed by atoms with van der Waals surface area (Å²) in [6, 6.07) is 8.14. The van der Waals surface area contributed by atoms with Crippen LogP contribution in [0.2, 0.25) is 0 Å². The van der Waals surface area contributed by atoms with Gasteiger partial charge in [0, 0.05) is 19.3 Å². The number of methoxy groups -OCH3 is 1. The molecule has 0 saturated carbocycles. The van der Waals surface area contributed by atoms with Gasteiger partial charge in [0.15, 0.2) is 5.82 Å². The van der Waals surface area contributed by atoms with Crippen molar-refractivity contribution in [1.82, 2.24) is 14.5 Å². The van der Waals surface area contributed by atoms with Crippen molar-refractivity contribution in [2.45, 2.75) is 0 Å². The minimum absolute atomic E-state index is 0.129. The molecule has 0 spiro atoms. The Balaban J connectivity index is 2.23. The number of fused-ring (bicyclic) bond motifs is 1. The van der Waals surface area contributed by atoms with E-state index in [1.807, 2.05) is 12.1 Å². The van der Waals surface area contributed by atoms with Gasteiger partial charge in [0.25, 0.3) is 0 Å². The molecular weight excluding hydrogens is 273 g/mol. The fourth-order valence-corrected chi connectivity index (χ4v) is 2.20. The Morgan fingerprint density at radius 2 is 2.14 bits per heavy atom. The molecule has 0 radical (unpaired) electrons. The molecule has 0 aliphatic rings. The number of esters is 1. The van der Waals surface area contributed by atoms with Gasteiger partial charge in [-0.05, 0) is 18.2 Å². The van der Waals surface area contributed by atoms with Crippen molar-refractivity contribution in [3.8, 4) is 11.5 Å². The lowest BCUT2D eigenvalue weighted by Gasteiger charge is -2.03. The SMILES string of the molecule is COC(=O)c1cc2nc(-c3ccccn3)n(C)c2cc1F. The fourth-order valence-electron chi connectivity index (χ4n) is 2.20. The van der Waals surface area contributed by atoms with E-state index >= 15 is 0 Å². The number of aryl methyl sites for hydroxylation is 1. The smallest absolute Gasteiger partial charge is 0.340 e. The van der Waals surface area contributed by atoms with Crippen LogP contribution in [0.15, 0.2) is 36.5 Å². The summed E-state index contributed by atoms with van der Waals surface area (Å²) in [5.41, 5.74) is 1.65. The Morgan fingerprint density at radius 1 is 1.33 bits per heavy atom. The average molecular weight is 285 g/mol. The molecule has 21 heavy (non-hydrogen) atoms. The topological polar surface area (TPSA) is 57.0 Å². The van der Waals surface area contributed by atoms with E-state index in [2.05, 4.69) is 14.7 Å². The van der Waals surface area contributed by atoms with Gasteiger partial charge >= 0.3 is 5.97 Å². The van der Waals surface area contributed by atoms with Crippen LogP contribution in [0.5, 0.6) is 0 Å². The highest BCUT2D eigenvalue weighted by atomic mass is 19.1. The lowest BCUT2D eigenvalue weighted by Crippen LogP contribution is -2.04. The number of hydrogen-bond acceptors (Lipinski definition) is 4. The molecule has 0 atom stereocenters. The van der Waals surface area contributed by atoms with Crippen molar-refractivity contribution in [2.75, 3.05) is 7.11 Å². The molecule has 0 aliphatic carbocycles. The standard InChI is InChI=1S/C15H12FN3O2/c1-19-13-8-10(16)9(15(20)21-2)7-12(13)18-14(19)11-5-3-4-6-17-11/h3-8H,1-2H3. The van der Waals surface area contributed by atoms with Gasteiger partial charge in [0.1, 0.15) is 11.5 Å². The molecule has 0 bridgehead atoms. The largest absolute Gasteiger partial charge is 0.465 e. The van der Waals surface area contributed by atoms with Crippen LogP contribution in [0.4, 0.5) is 4.39 Å². The molecule has 0 N–H and O–H groups in total. The number of imidazole rings is 1. The monoisotopic (exact) mass is 285 g/mol.